The van der Waals surface area contributed by atoms with Crippen LogP contribution in [0.4, 0.5) is 11.9 Å². The molecule has 0 aliphatic heterocycles. The normalized spacial score (nSPS) is 10.6. The first-order valence-electron chi connectivity index (χ1n) is 5.56. The average molecular weight is 265 g/mol. The van der Waals surface area contributed by atoms with Crippen LogP contribution >= 0.6 is 11.3 Å². The lowest BCUT2D eigenvalue weighted by atomic mass is 10.3. The van der Waals surface area contributed by atoms with Crippen molar-refractivity contribution in [3.63, 3.8) is 0 Å². The van der Waals surface area contributed by atoms with E-state index in [0.717, 1.165) is 0 Å². The minimum Gasteiger partial charge on any atom is -0.461 e. The van der Waals surface area contributed by atoms with Crippen molar-refractivity contribution in [3.8, 4) is 6.01 Å². The van der Waals surface area contributed by atoms with E-state index < -0.39 is 0 Å². The van der Waals surface area contributed by atoms with E-state index >= 15 is 0 Å². The zero-order chi connectivity index (χ0) is 13.0. The average Bonchev–Trinajstić information content (AvgIpc) is 2.77. The molecule has 0 spiro atoms. The molecule has 0 saturated heterocycles. The second-order valence-electron chi connectivity index (χ2n) is 3.95. The van der Waals surface area contributed by atoms with E-state index in [4.69, 9.17) is 10.5 Å². The van der Waals surface area contributed by atoms with Gasteiger partial charge in [-0.05, 0) is 36.2 Å². The predicted octanol–water partition coefficient (Wildman–Crippen LogP) is 1.91. The van der Waals surface area contributed by atoms with Gasteiger partial charge in [0.1, 0.15) is 0 Å². The van der Waals surface area contributed by atoms with Crippen LogP contribution in [-0.4, -0.2) is 21.1 Å². The number of anilines is 2. The first-order chi connectivity index (χ1) is 8.63. The molecule has 2 aromatic rings. The zero-order valence-corrected chi connectivity index (χ0v) is 11.1. The van der Waals surface area contributed by atoms with Gasteiger partial charge in [0.15, 0.2) is 0 Å². The fourth-order valence-corrected chi connectivity index (χ4v) is 1.96. The van der Waals surface area contributed by atoms with Gasteiger partial charge in [-0.25, -0.2) is 0 Å². The van der Waals surface area contributed by atoms with Crippen molar-refractivity contribution in [2.24, 2.45) is 0 Å². The van der Waals surface area contributed by atoms with Crippen molar-refractivity contribution in [2.75, 3.05) is 11.1 Å². The summed E-state index contributed by atoms with van der Waals surface area (Å²) in [6.07, 6.45) is -0.00322. The smallest absolute Gasteiger partial charge is 0.323 e. The SMILES string of the molecule is CC(C)Oc1nc(N)nc(NCc2ccsc2)n1. The van der Waals surface area contributed by atoms with Gasteiger partial charge < -0.3 is 15.8 Å². The lowest BCUT2D eigenvalue weighted by Gasteiger charge is -2.09. The minimum atomic E-state index is -0.00322. The number of nitrogens with one attached hydrogen (secondary N) is 1. The standard InChI is InChI=1S/C11H15N5OS/c1-7(2)17-11-15-9(12)14-10(16-11)13-5-8-3-4-18-6-8/h3-4,6-7H,5H2,1-2H3,(H3,12,13,14,15,16). The maximum absolute atomic E-state index is 5.60. The van der Waals surface area contributed by atoms with Crippen LogP contribution in [-0.2, 0) is 6.54 Å². The summed E-state index contributed by atoms with van der Waals surface area (Å²) >= 11 is 1.65. The summed E-state index contributed by atoms with van der Waals surface area (Å²) in [5.74, 6) is 0.567. The van der Waals surface area contributed by atoms with Gasteiger partial charge in [0.2, 0.25) is 11.9 Å². The molecule has 18 heavy (non-hydrogen) atoms. The molecule has 0 fully saturated rings. The first-order valence-corrected chi connectivity index (χ1v) is 6.51. The van der Waals surface area contributed by atoms with Gasteiger partial charge in [0.05, 0.1) is 6.10 Å². The molecule has 0 unspecified atom stereocenters. The van der Waals surface area contributed by atoms with Crippen molar-refractivity contribution in [1.82, 2.24) is 15.0 Å². The lowest BCUT2D eigenvalue weighted by Crippen LogP contribution is -2.12. The fraction of sp³-hybridized carbons (Fsp3) is 0.364. The van der Waals surface area contributed by atoms with Crippen LogP contribution in [0.5, 0.6) is 6.01 Å². The van der Waals surface area contributed by atoms with Crippen LogP contribution < -0.4 is 15.8 Å². The van der Waals surface area contributed by atoms with Crippen LogP contribution in [0.2, 0.25) is 0 Å². The summed E-state index contributed by atoms with van der Waals surface area (Å²) in [5.41, 5.74) is 6.78. The topological polar surface area (TPSA) is 86.0 Å². The number of hydrogen-bond acceptors (Lipinski definition) is 7. The Morgan fingerprint density at radius 3 is 2.89 bits per heavy atom. The van der Waals surface area contributed by atoms with Gasteiger partial charge in [-0.2, -0.15) is 26.3 Å². The molecule has 0 atom stereocenters. The zero-order valence-electron chi connectivity index (χ0n) is 10.3. The van der Waals surface area contributed by atoms with E-state index in [2.05, 4.69) is 25.6 Å². The largest absolute Gasteiger partial charge is 0.461 e. The Labute approximate surface area is 109 Å². The molecule has 3 N–H and O–H groups in total. The highest BCUT2D eigenvalue weighted by molar-refractivity contribution is 7.07. The van der Waals surface area contributed by atoms with E-state index in [1.165, 1.54) is 5.56 Å². The first kappa shape index (κ1) is 12.6. The minimum absolute atomic E-state index is 0.00322. The quantitative estimate of drug-likeness (QED) is 0.859. The Bertz CT molecular complexity index is 500. The molecule has 0 aliphatic carbocycles. The fourth-order valence-electron chi connectivity index (χ4n) is 1.29. The monoisotopic (exact) mass is 265 g/mol. The third-order valence-electron chi connectivity index (χ3n) is 2.00. The number of rotatable bonds is 5. The summed E-state index contributed by atoms with van der Waals surface area (Å²) in [5, 5.41) is 7.16. The molecule has 0 aliphatic rings. The third kappa shape index (κ3) is 3.56. The van der Waals surface area contributed by atoms with Crippen molar-refractivity contribution in [1.29, 1.82) is 0 Å². The van der Waals surface area contributed by atoms with Gasteiger partial charge in [-0.15, -0.1) is 0 Å². The molecular formula is C11H15N5OS. The number of aromatic nitrogens is 3. The number of hydrogen-bond donors (Lipinski definition) is 2. The van der Waals surface area contributed by atoms with Crippen LogP contribution in [0.1, 0.15) is 19.4 Å². The van der Waals surface area contributed by atoms with E-state index in [0.29, 0.717) is 12.5 Å². The molecular weight excluding hydrogens is 250 g/mol. The van der Waals surface area contributed by atoms with Gasteiger partial charge in [0.25, 0.3) is 0 Å². The molecule has 0 aromatic carbocycles. The molecule has 0 bridgehead atoms. The molecule has 96 valence electrons. The second-order valence-corrected chi connectivity index (χ2v) is 4.73. The number of ether oxygens (including phenoxy) is 1. The molecule has 0 amide bonds. The number of nitrogens with zero attached hydrogens (tertiary/aromatic N) is 3. The van der Waals surface area contributed by atoms with Gasteiger partial charge >= 0.3 is 6.01 Å². The van der Waals surface area contributed by atoms with Gasteiger partial charge in [0, 0.05) is 6.54 Å². The van der Waals surface area contributed by atoms with E-state index in [-0.39, 0.29) is 18.1 Å². The summed E-state index contributed by atoms with van der Waals surface area (Å²) in [7, 11) is 0. The maximum atomic E-state index is 5.60. The van der Waals surface area contributed by atoms with E-state index in [1.807, 2.05) is 25.3 Å². The third-order valence-corrected chi connectivity index (χ3v) is 2.74. The number of thiophene rings is 1. The Morgan fingerprint density at radius 1 is 1.39 bits per heavy atom. The second kappa shape index (κ2) is 5.63. The highest BCUT2D eigenvalue weighted by Gasteiger charge is 2.07. The Hall–Kier alpha value is -1.89. The van der Waals surface area contributed by atoms with Crippen LogP contribution in [0.3, 0.4) is 0 Å². The van der Waals surface area contributed by atoms with Crippen molar-refractivity contribution < 1.29 is 4.74 Å². The van der Waals surface area contributed by atoms with Crippen LogP contribution in [0.15, 0.2) is 16.8 Å². The molecule has 2 rings (SSSR count). The summed E-state index contributed by atoms with van der Waals surface area (Å²) in [6.45, 7) is 4.45. The summed E-state index contributed by atoms with van der Waals surface area (Å²) < 4.78 is 5.39. The van der Waals surface area contributed by atoms with Crippen LogP contribution in [0.25, 0.3) is 0 Å². The molecule has 7 heteroatoms. The van der Waals surface area contributed by atoms with Crippen molar-refractivity contribution in [2.45, 2.75) is 26.5 Å². The molecule has 2 heterocycles. The lowest BCUT2D eigenvalue weighted by molar-refractivity contribution is 0.222. The predicted molar refractivity (Wildman–Crippen MR) is 71.6 cm³/mol. The molecule has 0 saturated carbocycles. The highest BCUT2D eigenvalue weighted by atomic mass is 32.1. The number of nitrogens with two attached hydrogens (primary N) is 1. The summed E-state index contributed by atoms with van der Waals surface area (Å²) in [6, 6.07) is 2.28. The van der Waals surface area contributed by atoms with E-state index in [9.17, 15) is 0 Å². The van der Waals surface area contributed by atoms with Gasteiger partial charge in [-0.3, -0.25) is 0 Å². The maximum Gasteiger partial charge on any atom is 0.323 e. The summed E-state index contributed by atoms with van der Waals surface area (Å²) in [4.78, 5) is 12.1. The molecule has 0 radical (unpaired) electrons. The van der Waals surface area contributed by atoms with E-state index in [1.54, 1.807) is 11.3 Å². The van der Waals surface area contributed by atoms with Gasteiger partial charge in [-0.1, -0.05) is 0 Å². The van der Waals surface area contributed by atoms with Crippen molar-refractivity contribution >= 4 is 23.2 Å². The highest BCUT2D eigenvalue weighted by Crippen LogP contribution is 2.12. The Morgan fingerprint density at radius 2 is 2.22 bits per heavy atom. The number of nitrogen functional groups attached to an aromatic ring is 1. The Balaban J connectivity index is 2.05. The Kier molecular flexibility index (Phi) is 3.93. The molecule has 6 nitrogen and oxygen atoms in total. The molecule has 2 aromatic heterocycles. The van der Waals surface area contributed by atoms with Crippen molar-refractivity contribution in [3.05, 3.63) is 22.4 Å². The van der Waals surface area contributed by atoms with Crippen LogP contribution in [0, 0.1) is 0 Å².